The van der Waals surface area contributed by atoms with Crippen molar-refractivity contribution in [3.05, 3.63) is 71.2 Å². The summed E-state index contributed by atoms with van der Waals surface area (Å²) < 4.78 is 0. The van der Waals surface area contributed by atoms with Crippen LogP contribution in [0.2, 0.25) is 0 Å². The van der Waals surface area contributed by atoms with Crippen LogP contribution >= 0.6 is 23.1 Å². The van der Waals surface area contributed by atoms with Gasteiger partial charge in [0.15, 0.2) is 5.13 Å². The Labute approximate surface area is 168 Å². The molecule has 0 bridgehead atoms. The number of nitrogens with zero attached hydrogens (tertiary/aromatic N) is 2. The summed E-state index contributed by atoms with van der Waals surface area (Å²) in [5, 5.41) is 2.77. The standard InChI is InChI=1S/C21H23N3OS2/c1-16(25)24(19-7-5-4-6-8-19)21-22-18(15-27-21)14-23(2)13-17-9-11-20(26-3)12-10-17/h4-12,15H,13-14H2,1-3H3/p+1. The van der Waals surface area contributed by atoms with Crippen LogP contribution in [0.5, 0.6) is 0 Å². The van der Waals surface area contributed by atoms with E-state index >= 15 is 0 Å². The highest BCUT2D eigenvalue weighted by atomic mass is 32.2. The Morgan fingerprint density at radius 3 is 2.44 bits per heavy atom. The van der Waals surface area contributed by atoms with E-state index < -0.39 is 0 Å². The minimum Gasteiger partial charge on any atom is -0.329 e. The van der Waals surface area contributed by atoms with E-state index in [4.69, 9.17) is 4.98 Å². The molecule has 0 saturated heterocycles. The van der Waals surface area contributed by atoms with Gasteiger partial charge < -0.3 is 4.90 Å². The lowest BCUT2D eigenvalue weighted by atomic mass is 10.2. The smallest absolute Gasteiger partial charge is 0.230 e. The number of quaternary nitrogens is 1. The maximum atomic E-state index is 12.2. The first-order chi connectivity index (χ1) is 13.1. The Morgan fingerprint density at radius 2 is 1.81 bits per heavy atom. The van der Waals surface area contributed by atoms with Gasteiger partial charge in [-0.1, -0.05) is 30.3 Å². The van der Waals surface area contributed by atoms with Crippen molar-refractivity contribution in [1.29, 1.82) is 0 Å². The van der Waals surface area contributed by atoms with Crippen LogP contribution in [0.3, 0.4) is 0 Å². The molecule has 0 saturated carbocycles. The van der Waals surface area contributed by atoms with E-state index in [1.54, 1.807) is 23.6 Å². The second kappa shape index (κ2) is 9.17. The van der Waals surface area contributed by atoms with Crippen LogP contribution in [0.4, 0.5) is 10.8 Å². The summed E-state index contributed by atoms with van der Waals surface area (Å²) in [6, 6.07) is 18.4. The molecule has 0 aliphatic rings. The third kappa shape index (κ3) is 5.19. The van der Waals surface area contributed by atoms with E-state index in [0.29, 0.717) is 0 Å². The molecular formula is C21H24N3OS2+. The normalized spacial score (nSPS) is 12.0. The zero-order valence-electron chi connectivity index (χ0n) is 15.8. The highest BCUT2D eigenvalue weighted by Gasteiger charge is 2.18. The molecule has 4 nitrogen and oxygen atoms in total. The van der Waals surface area contributed by atoms with Gasteiger partial charge >= 0.3 is 0 Å². The number of anilines is 2. The molecule has 0 spiro atoms. The second-order valence-corrected chi connectivity index (χ2v) is 8.19. The molecule has 1 amide bonds. The van der Waals surface area contributed by atoms with Gasteiger partial charge in [0.1, 0.15) is 18.8 Å². The summed E-state index contributed by atoms with van der Waals surface area (Å²) in [6.07, 6.45) is 2.09. The van der Waals surface area contributed by atoms with E-state index in [-0.39, 0.29) is 5.91 Å². The number of amides is 1. The Balaban J connectivity index is 1.68. The SMILES string of the molecule is CSc1ccc(C[NH+](C)Cc2csc(N(C(C)=O)c3ccccc3)n2)cc1. The Hall–Kier alpha value is -2.15. The van der Waals surface area contributed by atoms with E-state index in [1.807, 2.05) is 30.3 Å². The van der Waals surface area contributed by atoms with Crippen molar-refractivity contribution in [2.45, 2.75) is 24.9 Å². The van der Waals surface area contributed by atoms with Gasteiger partial charge in [0.25, 0.3) is 0 Å². The van der Waals surface area contributed by atoms with Gasteiger partial charge in [-0.15, -0.1) is 23.1 Å². The van der Waals surface area contributed by atoms with Crippen LogP contribution in [0, 0.1) is 0 Å². The predicted octanol–water partition coefficient (Wildman–Crippen LogP) is 3.76. The number of nitrogens with one attached hydrogen (secondary N) is 1. The molecule has 0 aliphatic carbocycles. The number of benzene rings is 2. The van der Waals surface area contributed by atoms with Gasteiger partial charge in [-0.05, 0) is 30.5 Å². The van der Waals surface area contributed by atoms with Crippen molar-refractivity contribution >= 4 is 39.8 Å². The maximum absolute atomic E-state index is 12.2. The molecule has 0 radical (unpaired) electrons. The number of hydrogen-bond donors (Lipinski definition) is 1. The van der Waals surface area contributed by atoms with E-state index in [2.05, 4.69) is 42.9 Å². The van der Waals surface area contributed by atoms with Crippen molar-refractivity contribution in [2.24, 2.45) is 0 Å². The Kier molecular flexibility index (Phi) is 6.66. The van der Waals surface area contributed by atoms with Gasteiger partial charge in [-0.3, -0.25) is 9.69 Å². The van der Waals surface area contributed by atoms with Gasteiger partial charge in [-0.2, -0.15) is 0 Å². The first-order valence-corrected chi connectivity index (χ1v) is 10.9. The molecular weight excluding hydrogens is 374 g/mol. The van der Waals surface area contributed by atoms with Crippen LogP contribution in [-0.4, -0.2) is 24.2 Å². The molecule has 0 fully saturated rings. The molecule has 2 aromatic carbocycles. The third-order valence-corrected chi connectivity index (χ3v) is 5.83. The number of rotatable bonds is 7. The molecule has 140 valence electrons. The monoisotopic (exact) mass is 398 g/mol. The summed E-state index contributed by atoms with van der Waals surface area (Å²) in [7, 11) is 2.17. The van der Waals surface area contributed by atoms with Crippen molar-refractivity contribution in [3.63, 3.8) is 0 Å². The van der Waals surface area contributed by atoms with Gasteiger partial charge in [0.05, 0.1) is 12.7 Å². The second-order valence-electron chi connectivity index (χ2n) is 6.47. The molecule has 0 aliphatic heterocycles. The van der Waals surface area contributed by atoms with E-state index in [1.165, 1.54) is 26.7 Å². The highest BCUT2D eigenvalue weighted by Crippen LogP contribution is 2.28. The number of thiazole rings is 1. The van der Waals surface area contributed by atoms with Crippen LogP contribution in [0.15, 0.2) is 64.9 Å². The summed E-state index contributed by atoms with van der Waals surface area (Å²) in [4.78, 5) is 21.2. The first kappa shape index (κ1) is 19.6. The quantitative estimate of drug-likeness (QED) is 0.616. The highest BCUT2D eigenvalue weighted by molar-refractivity contribution is 7.98. The number of aromatic nitrogens is 1. The van der Waals surface area contributed by atoms with E-state index in [9.17, 15) is 4.79 Å². The Bertz CT molecular complexity index is 878. The van der Waals surface area contributed by atoms with Crippen molar-refractivity contribution in [1.82, 2.24) is 4.98 Å². The topological polar surface area (TPSA) is 37.6 Å². The van der Waals surface area contributed by atoms with E-state index in [0.717, 1.165) is 29.6 Å². The van der Waals surface area contributed by atoms with Crippen molar-refractivity contribution < 1.29 is 9.69 Å². The summed E-state index contributed by atoms with van der Waals surface area (Å²) in [5.74, 6) is -0.0308. The molecule has 1 atom stereocenters. The van der Waals surface area contributed by atoms with Gasteiger partial charge in [0.2, 0.25) is 5.91 Å². The number of hydrogen-bond acceptors (Lipinski definition) is 4. The molecule has 1 aromatic heterocycles. The molecule has 1 N–H and O–H groups in total. The molecule has 27 heavy (non-hydrogen) atoms. The van der Waals surface area contributed by atoms with Crippen LogP contribution in [0.1, 0.15) is 18.2 Å². The number of carbonyl (C=O) groups excluding carboxylic acids is 1. The molecule has 3 rings (SSSR count). The van der Waals surface area contributed by atoms with Crippen LogP contribution < -0.4 is 9.80 Å². The number of carbonyl (C=O) groups is 1. The largest absolute Gasteiger partial charge is 0.329 e. The van der Waals surface area contributed by atoms with Gasteiger partial charge in [-0.25, -0.2) is 4.98 Å². The fourth-order valence-electron chi connectivity index (χ4n) is 2.95. The lowest BCUT2D eigenvalue weighted by Gasteiger charge is -2.17. The van der Waals surface area contributed by atoms with Gasteiger partial charge in [0, 0.05) is 22.8 Å². The van der Waals surface area contributed by atoms with Crippen molar-refractivity contribution in [2.75, 3.05) is 18.2 Å². The molecule has 3 aromatic rings. The average molecular weight is 399 g/mol. The average Bonchev–Trinajstić information content (AvgIpc) is 3.10. The zero-order valence-corrected chi connectivity index (χ0v) is 17.4. The molecule has 6 heteroatoms. The fraction of sp³-hybridized carbons (Fsp3) is 0.238. The summed E-state index contributed by atoms with van der Waals surface area (Å²) >= 11 is 3.27. The minimum absolute atomic E-state index is 0.0308. The maximum Gasteiger partial charge on any atom is 0.230 e. The minimum atomic E-state index is -0.0308. The molecule has 1 heterocycles. The van der Waals surface area contributed by atoms with Crippen LogP contribution in [-0.2, 0) is 17.9 Å². The number of thioether (sulfide) groups is 1. The number of para-hydroxylation sites is 1. The lowest BCUT2D eigenvalue weighted by molar-refractivity contribution is -0.908. The van der Waals surface area contributed by atoms with Crippen molar-refractivity contribution in [3.8, 4) is 0 Å². The summed E-state index contributed by atoms with van der Waals surface area (Å²) in [5.41, 5.74) is 3.17. The zero-order chi connectivity index (χ0) is 19.2. The third-order valence-electron chi connectivity index (χ3n) is 4.21. The lowest BCUT2D eigenvalue weighted by Crippen LogP contribution is -3.06. The van der Waals surface area contributed by atoms with Crippen LogP contribution in [0.25, 0.3) is 0 Å². The fourth-order valence-corrected chi connectivity index (χ4v) is 4.24. The summed E-state index contributed by atoms with van der Waals surface area (Å²) in [6.45, 7) is 3.33. The predicted molar refractivity (Wildman–Crippen MR) is 114 cm³/mol. The Morgan fingerprint density at radius 1 is 1.11 bits per heavy atom. The first-order valence-electron chi connectivity index (χ1n) is 8.81. The molecule has 1 unspecified atom stereocenters.